The van der Waals surface area contributed by atoms with Gasteiger partial charge in [0.05, 0.1) is 4.92 Å². The number of hydrogen-bond acceptors (Lipinski definition) is 2. The maximum Gasteiger partial charge on any atom is 0.270 e. The van der Waals surface area contributed by atoms with Crippen LogP contribution in [-0.2, 0) is 12.3 Å². The van der Waals surface area contributed by atoms with Gasteiger partial charge in [0.2, 0.25) is 0 Å². The number of benzene rings is 1. The fraction of sp³-hybridized carbons (Fsp3) is 0.400. The molecule has 0 saturated heterocycles. The van der Waals surface area contributed by atoms with Crippen molar-refractivity contribution >= 4 is 33.2 Å². The topological polar surface area (TPSA) is 43.1 Å². The third kappa shape index (κ3) is 2.92. The summed E-state index contributed by atoms with van der Waals surface area (Å²) in [5.41, 5.74) is 1.98. The Labute approximate surface area is 102 Å². The van der Waals surface area contributed by atoms with Gasteiger partial charge < -0.3 is 0 Å². The Kier molecular flexibility index (Phi) is 4.54. The maximum absolute atomic E-state index is 10.6. The van der Waals surface area contributed by atoms with Gasteiger partial charge in [-0.15, -0.1) is 11.6 Å². The molecule has 0 radical (unpaired) electrons. The number of hydrogen-bond donors (Lipinski definition) is 0. The SMILES string of the molecule is CCCc1c(Br)cc([N+](=O)[O-])cc1CCl. The van der Waals surface area contributed by atoms with Crippen molar-refractivity contribution in [2.24, 2.45) is 0 Å². The highest BCUT2D eigenvalue weighted by molar-refractivity contribution is 9.10. The first-order valence-corrected chi connectivity index (χ1v) is 5.94. The lowest BCUT2D eigenvalue weighted by Crippen LogP contribution is -1.97. The van der Waals surface area contributed by atoms with Crippen LogP contribution < -0.4 is 0 Å². The summed E-state index contributed by atoms with van der Waals surface area (Å²) in [4.78, 5) is 10.2. The maximum atomic E-state index is 10.6. The molecule has 0 spiro atoms. The van der Waals surface area contributed by atoms with Crippen molar-refractivity contribution in [3.05, 3.63) is 37.8 Å². The van der Waals surface area contributed by atoms with Gasteiger partial charge in [0.15, 0.2) is 0 Å². The zero-order chi connectivity index (χ0) is 11.4. The number of nitrogens with zero attached hydrogens (tertiary/aromatic N) is 1. The predicted molar refractivity (Wildman–Crippen MR) is 64.3 cm³/mol. The van der Waals surface area contributed by atoms with E-state index in [2.05, 4.69) is 22.9 Å². The second kappa shape index (κ2) is 5.47. The molecule has 15 heavy (non-hydrogen) atoms. The van der Waals surface area contributed by atoms with Gasteiger partial charge in [0, 0.05) is 22.5 Å². The molecule has 0 unspecified atom stereocenters. The van der Waals surface area contributed by atoms with Crippen LogP contribution in [0.4, 0.5) is 5.69 Å². The summed E-state index contributed by atoms with van der Waals surface area (Å²) in [6.45, 7) is 2.06. The lowest BCUT2D eigenvalue weighted by molar-refractivity contribution is -0.385. The Hall–Kier alpha value is -0.610. The van der Waals surface area contributed by atoms with Gasteiger partial charge in [-0.3, -0.25) is 10.1 Å². The molecule has 1 aromatic rings. The second-order valence-corrected chi connectivity index (χ2v) is 4.33. The third-order valence-electron chi connectivity index (χ3n) is 2.13. The minimum absolute atomic E-state index is 0.0809. The van der Waals surface area contributed by atoms with E-state index >= 15 is 0 Å². The van der Waals surface area contributed by atoms with E-state index in [1.165, 1.54) is 6.07 Å². The zero-order valence-corrected chi connectivity index (χ0v) is 10.6. The van der Waals surface area contributed by atoms with E-state index in [-0.39, 0.29) is 5.69 Å². The summed E-state index contributed by atoms with van der Waals surface area (Å²) in [5.74, 6) is 0.301. The lowest BCUT2D eigenvalue weighted by atomic mass is 10.0. The lowest BCUT2D eigenvalue weighted by Gasteiger charge is -2.08. The normalized spacial score (nSPS) is 10.3. The highest BCUT2D eigenvalue weighted by atomic mass is 79.9. The van der Waals surface area contributed by atoms with Crippen LogP contribution in [0.3, 0.4) is 0 Å². The Morgan fingerprint density at radius 2 is 2.20 bits per heavy atom. The fourth-order valence-corrected chi connectivity index (χ4v) is 2.36. The fourth-order valence-electron chi connectivity index (χ4n) is 1.43. The Balaban J connectivity index is 3.24. The molecule has 0 heterocycles. The van der Waals surface area contributed by atoms with Crippen LogP contribution >= 0.6 is 27.5 Å². The van der Waals surface area contributed by atoms with Gasteiger partial charge in [0.1, 0.15) is 0 Å². The van der Waals surface area contributed by atoms with E-state index in [4.69, 9.17) is 11.6 Å². The summed E-state index contributed by atoms with van der Waals surface area (Å²) in [7, 11) is 0. The van der Waals surface area contributed by atoms with Crippen molar-refractivity contribution < 1.29 is 4.92 Å². The average molecular weight is 293 g/mol. The second-order valence-electron chi connectivity index (χ2n) is 3.21. The molecule has 0 fully saturated rings. The van der Waals surface area contributed by atoms with Gasteiger partial charge >= 0.3 is 0 Å². The summed E-state index contributed by atoms with van der Waals surface area (Å²) in [6, 6.07) is 3.07. The number of rotatable bonds is 4. The molecular formula is C10H11BrClNO2. The van der Waals surface area contributed by atoms with E-state index in [1.807, 2.05) is 0 Å². The molecule has 0 atom stereocenters. The Bertz CT molecular complexity index is 382. The summed E-state index contributed by atoms with van der Waals surface area (Å²) in [6.07, 6.45) is 1.86. The molecule has 0 amide bonds. The van der Waals surface area contributed by atoms with E-state index < -0.39 is 4.92 Å². The smallest absolute Gasteiger partial charge is 0.258 e. The molecule has 1 aromatic carbocycles. The predicted octanol–water partition coefficient (Wildman–Crippen LogP) is 4.05. The number of non-ortho nitro benzene ring substituents is 1. The number of halogens is 2. The molecule has 82 valence electrons. The summed E-state index contributed by atoms with van der Waals surface area (Å²) < 4.78 is 0.772. The van der Waals surface area contributed by atoms with E-state index in [0.717, 1.165) is 28.4 Å². The van der Waals surface area contributed by atoms with E-state index in [1.54, 1.807) is 6.07 Å². The molecule has 0 aromatic heterocycles. The molecule has 0 aliphatic heterocycles. The average Bonchev–Trinajstić information content (AvgIpc) is 2.20. The third-order valence-corrected chi connectivity index (χ3v) is 3.12. The van der Waals surface area contributed by atoms with Crippen LogP contribution in [-0.4, -0.2) is 4.92 Å². The van der Waals surface area contributed by atoms with Crippen molar-refractivity contribution in [2.45, 2.75) is 25.6 Å². The first-order chi connectivity index (χ1) is 7.10. The molecule has 1 rings (SSSR count). The van der Waals surface area contributed by atoms with Crippen molar-refractivity contribution in [3.63, 3.8) is 0 Å². The van der Waals surface area contributed by atoms with Crippen LogP contribution in [0.2, 0.25) is 0 Å². The van der Waals surface area contributed by atoms with Gasteiger partial charge in [-0.05, 0) is 17.5 Å². The Morgan fingerprint density at radius 1 is 1.53 bits per heavy atom. The van der Waals surface area contributed by atoms with Crippen molar-refractivity contribution in [3.8, 4) is 0 Å². The molecule has 0 N–H and O–H groups in total. The van der Waals surface area contributed by atoms with E-state index in [0.29, 0.717) is 5.88 Å². The van der Waals surface area contributed by atoms with Gasteiger partial charge in [-0.1, -0.05) is 29.3 Å². The summed E-state index contributed by atoms with van der Waals surface area (Å²) in [5, 5.41) is 10.6. The largest absolute Gasteiger partial charge is 0.270 e. The van der Waals surface area contributed by atoms with Crippen LogP contribution in [0.5, 0.6) is 0 Å². The molecule has 0 aliphatic rings. The number of alkyl halides is 1. The number of nitro groups is 1. The molecule has 3 nitrogen and oxygen atoms in total. The van der Waals surface area contributed by atoms with Crippen LogP contribution in [0.15, 0.2) is 16.6 Å². The quantitative estimate of drug-likeness (QED) is 0.477. The Morgan fingerprint density at radius 3 is 2.67 bits per heavy atom. The van der Waals surface area contributed by atoms with E-state index in [9.17, 15) is 10.1 Å². The standard InChI is InChI=1S/C10H11BrClNO2/c1-2-3-9-7(6-12)4-8(13(14)15)5-10(9)11/h4-5H,2-3,6H2,1H3. The van der Waals surface area contributed by atoms with Gasteiger partial charge in [-0.2, -0.15) is 0 Å². The minimum Gasteiger partial charge on any atom is -0.258 e. The first kappa shape index (κ1) is 12.5. The van der Waals surface area contributed by atoms with Crippen LogP contribution in [0.25, 0.3) is 0 Å². The summed E-state index contributed by atoms with van der Waals surface area (Å²) >= 11 is 9.12. The highest BCUT2D eigenvalue weighted by Crippen LogP contribution is 2.29. The molecule has 0 bridgehead atoms. The molecule has 0 aliphatic carbocycles. The molecule has 0 saturated carbocycles. The minimum atomic E-state index is -0.406. The highest BCUT2D eigenvalue weighted by Gasteiger charge is 2.13. The first-order valence-electron chi connectivity index (χ1n) is 4.61. The number of nitro benzene ring substituents is 1. The molecule has 5 heteroatoms. The van der Waals surface area contributed by atoms with Crippen molar-refractivity contribution in [1.29, 1.82) is 0 Å². The van der Waals surface area contributed by atoms with Crippen molar-refractivity contribution in [1.82, 2.24) is 0 Å². The van der Waals surface area contributed by atoms with Crippen molar-refractivity contribution in [2.75, 3.05) is 0 Å². The van der Waals surface area contributed by atoms with Gasteiger partial charge in [-0.25, -0.2) is 0 Å². The van der Waals surface area contributed by atoms with Crippen LogP contribution in [0.1, 0.15) is 24.5 Å². The zero-order valence-electron chi connectivity index (χ0n) is 8.30. The monoisotopic (exact) mass is 291 g/mol. The van der Waals surface area contributed by atoms with Crippen LogP contribution in [0, 0.1) is 10.1 Å². The molecular weight excluding hydrogens is 281 g/mol. The van der Waals surface area contributed by atoms with Gasteiger partial charge in [0.25, 0.3) is 5.69 Å².